The summed E-state index contributed by atoms with van der Waals surface area (Å²) in [5.41, 5.74) is 1.47. The highest BCUT2D eigenvalue weighted by molar-refractivity contribution is 6.11. The van der Waals surface area contributed by atoms with Gasteiger partial charge in [0.15, 0.2) is 11.5 Å². The maximum Gasteiger partial charge on any atom is 0.235 e. The molecule has 3 N–H and O–H groups in total. The molecule has 10 nitrogen and oxygen atoms in total. The Morgan fingerprint density at radius 1 is 0.780 bits per heavy atom. The fourth-order valence-electron chi connectivity index (χ4n) is 6.59. The van der Waals surface area contributed by atoms with Gasteiger partial charge in [0.2, 0.25) is 11.8 Å². The maximum atomic E-state index is 14.4. The zero-order chi connectivity index (χ0) is 35.8. The van der Waals surface area contributed by atoms with E-state index in [1.807, 2.05) is 45.0 Å². The number of Topliss-reactive ketones (excluding diaryl/α,β-unsaturated/α-hetero) is 1. The summed E-state index contributed by atoms with van der Waals surface area (Å²) in [6, 6.07) is 26.9. The maximum absolute atomic E-state index is 14.4. The molecule has 0 bridgehead atoms. The van der Waals surface area contributed by atoms with Crippen molar-refractivity contribution >= 4 is 29.0 Å². The van der Waals surface area contributed by atoms with Gasteiger partial charge in [-0.2, -0.15) is 0 Å². The van der Waals surface area contributed by atoms with Crippen LogP contribution in [-0.2, 0) is 21.0 Å². The minimum absolute atomic E-state index is 0.280. The molecule has 4 unspecified atom stereocenters. The average Bonchev–Trinajstić information content (AvgIpc) is 3.08. The molecule has 4 aromatic carbocycles. The number of nitrogens with one attached hydrogen (secondary N) is 2. The molecular formula is C40H44N2O8. The summed E-state index contributed by atoms with van der Waals surface area (Å²) in [6.07, 6.45) is -0.422. The van der Waals surface area contributed by atoms with Gasteiger partial charge in [0, 0.05) is 12.3 Å². The van der Waals surface area contributed by atoms with Gasteiger partial charge in [0.05, 0.1) is 43.2 Å². The van der Waals surface area contributed by atoms with E-state index in [2.05, 4.69) is 10.6 Å². The Kier molecular flexibility index (Phi) is 11.4. The van der Waals surface area contributed by atoms with Gasteiger partial charge in [0.1, 0.15) is 29.8 Å². The molecule has 4 atom stereocenters. The van der Waals surface area contributed by atoms with Gasteiger partial charge >= 0.3 is 0 Å². The summed E-state index contributed by atoms with van der Waals surface area (Å²) in [6.45, 7) is 8.13. The van der Waals surface area contributed by atoms with Crippen molar-refractivity contribution in [1.29, 1.82) is 0 Å². The van der Waals surface area contributed by atoms with Crippen LogP contribution in [0.2, 0.25) is 0 Å². The van der Waals surface area contributed by atoms with Gasteiger partial charge in [-0.05, 0) is 75.2 Å². The molecule has 1 saturated carbocycles. The molecule has 50 heavy (non-hydrogen) atoms. The second kappa shape index (κ2) is 15.9. The summed E-state index contributed by atoms with van der Waals surface area (Å²) < 4.78 is 23.3. The van der Waals surface area contributed by atoms with E-state index in [1.54, 1.807) is 66.7 Å². The summed E-state index contributed by atoms with van der Waals surface area (Å²) >= 11 is 0. The van der Waals surface area contributed by atoms with E-state index >= 15 is 0 Å². The highest BCUT2D eigenvalue weighted by atomic mass is 16.5. The van der Waals surface area contributed by atoms with Crippen molar-refractivity contribution in [3.8, 4) is 23.0 Å². The third-order valence-electron chi connectivity index (χ3n) is 8.77. The number of aliphatic hydroxyl groups is 1. The van der Waals surface area contributed by atoms with Gasteiger partial charge in [-0.1, -0.05) is 60.2 Å². The van der Waals surface area contributed by atoms with Gasteiger partial charge < -0.3 is 34.7 Å². The minimum Gasteiger partial charge on any atom is -0.493 e. The van der Waals surface area contributed by atoms with E-state index in [4.69, 9.17) is 18.9 Å². The Labute approximate surface area is 292 Å². The van der Waals surface area contributed by atoms with Crippen LogP contribution in [0.3, 0.4) is 0 Å². The molecule has 1 fully saturated rings. The van der Waals surface area contributed by atoms with Crippen LogP contribution in [0.25, 0.3) is 0 Å². The first-order chi connectivity index (χ1) is 24.1. The first kappa shape index (κ1) is 35.9. The fourth-order valence-corrected chi connectivity index (χ4v) is 6.59. The summed E-state index contributed by atoms with van der Waals surface area (Å²) in [7, 11) is 1.49. The minimum atomic E-state index is -1.82. The molecule has 4 aromatic rings. The number of ether oxygens (including phenoxy) is 4. The van der Waals surface area contributed by atoms with Crippen molar-refractivity contribution in [3.63, 3.8) is 0 Å². The van der Waals surface area contributed by atoms with Gasteiger partial charge in [-0.15, -0.1) is 0 Å². The van der Waals surface area contributed by atoms with E-state index in [-0.39, 0.29) is 6.61 Å². The van der Waals surface area contributed by atoms with Crippen LogP contribution in [0.15, 0.2) is 91.0 Å². The Morgan fingerprint density at radius 2 is 1.40 bits per heavy atom. The van der Waals surface area contributed by atoms with Crippen LogP contribution in [0.5, 0.6) is 23.0 Å². The molecular weight excluding hydrogens is 636 g/mol. The second-order valence-corrected chi connectivity index (χ2v) is 12.5. The molecule has 1 aliphatic rings. The Hall–Kier alpha value is -5.35. The van der Waals surface area contributed by atoms with Crippen molar-refractivity contribution in [3.05, 3.63) is 108 Å². The van der Waals surface area contributed by atoms with E-state index in [1.165, 1.54) is 14.0 Å². The average molecular weight is 681 g/mol. The zero-order valence-electron chi connectivity index (χ0n) is 29.0. The number of anilines is 2. The van der Waals surface area contributed by atoms with E-state index in [9.17, 15) is 19.5 Å². The van der Waals surface area contributed by atoms with Crippen LogP contribution >= 0.6 is 0 Å². The van der Waals surface area contributed by atoms with Gasteiger partial charge in [0.25, 0.3) is 0 Å². The van der Waals surface area contributed by atoms with Crippen molar-refractivity contribution < 1.29 is 38.4 Å². The molecule has 0 aromatic heterocycles. The largest absolute Gasteiger partial charge is 0.493 e. The van der Waals surface area contributed by atoms with E-state index < -0.39 is 47.4 Å². The second-order valence-electron chi connectivity index (χ2n) is 12.5. The quantitative estimate of drug-likeness (QED) is 0.133. The molecule has 0 radical (unpaired) electrons. The molecule has 0 heterocycles. The number of hydrogen-bond acceptors (Lipinski definition) is 8. The molecule has 10 heteroatoms. The third kappa shape index (κ3) is 8.09. The number of para-hydroxylation sites is 4. The normalized spacial score (nSPS) is 20.0. The summed E-state index contributed by atoms with van der Waals surface area (Å²) in [5.74, 6) is -3.77. The van der Waals surface area contributed by atoms with Crippen LogP contribution in [0.1, 0.15) is 49.8 Å². The zero-order valence-corrected chi connectivity index (χ0v) is 29.0. The first-order valence-electron chi connectivity index (χ1n) is 16.7. The number of ketones is 1. The summed E-state index contributed by atoms with van der Waals surface area (Å²) in [5, 5.41) is 17.6. The van der Waals surface area contributed by atoms with E-state index in [0.717, 1.165) is 11.1 Å². The van der Waals surface area contributed by atoms with E-state index in [0.29, 0.717) is 53.2 Å². The number of benzene rings is 4. The van der Waals surface area contributed by atoms with Crippen molar-refractivity contribution in [2.75, 3.05) is 31.0 Å². The third-order valence-corrected chi connectivity index (χ3v) is 8.77. The van der Waals surface area contributed by atoms with Crippen molar-refractivity contribution in [2.45, 2.75) is 52.2 Å². The van der Waals surface area contributed by atoms with Crippen LogP contribution in [-0.4, -0.2) is 48.6 Å². The topological polar surface area (TPSA) is 132 Å². The first-order valence-corrected chi connectivity index (χ1v) is 16.7. The molecule has 5 rings (SSSR count). The van der Waals surface area contributed by atoms with Crippen LogP contribution in [0.4, 0.5) is 11.4 Å². The Bertz CT molecular complexity index is 1840. The predicted octanol–water partition coefficient (Wildman–Crippen LogP) is 6.70. The molecule has 1 aliphatic carbocycles. The van der Waals surface area contributed by atoms with Gasteiger partial charge in [-0.25, -0.2) is 0 Å². The van der Waals surface area contributed by atoms with Crippen LogP contribution in [0, 0.1) is 18.8 Å². The number of methoxy groups -OCH3 is 1. The van der Waals surface area contributed by atoms with Crippen molar-refractivity contribution in [2.24, 2.45) is 11.8 Å². The highest BCUT2D eigenvalue weighted by Gasteiger charge is 2.56. The lowest BCUT2D eigenvalue weighted by atomic mass is 9.61. The summed E-state index contributed by atoms with van der Waals surface area (Å²) in [4.78, 5) is 42.5. The predicted molar refractivity (Wildman–Crippen MR) is 191 cm³/mol. The number of hydrogen-bond donors (Lipinski definition) is 3. The lowest BCUT2D eigenvalue weighted by molar-refractivity contribution is -0.150. The van der Waals surface area contributed by atoms with Gasteiger partial charge in [-0.3, -0.25) is 14.4 Å². The Balaban J connectivity index is 1.57. The number of carbonyl (C=O) groups is 3. The van der Waals surface area contributed by atoms with Crippen molar-refractivity contribution in [1.82, 2.24) is 0 Å². The molecule has 0 aliphatic heterocycles. The molecule has 2 amide bonds. The lowest BCUT2D eigenvalue weighted by Gasteiger charge is -2.44. The molecule has 0 saturated heterocycles. The number of amides is 2. The number of aryl methyl sites for hydroxylation is 1. The fraction of sp³-hybridized carbons (Fsp3) is 0.325. The Morgan fingerprint density at radius 3 is 2.00 bits per heavy atom. The monoisotopic (exact) mass is 680 g/mol. The smallest absolute Gasteiger partial charge is 0.235 e. The van der Waals surface area contributed by atoms with Crippen LogP contribution < -0.4 is 29.6 Å². The lowest BCUT2D eigenvalue weighted by Crippen LogP contribution is -2.56. The molecule has 0 spiro atoms. The standard InChI is InChI=1S/C40H44N2O8/c1-6-48-31-17-10-8-15-28(31)41-38(44)36-30(43)23-40(4,46)37(39(45)42-29-16-9-11-18-32(29)49-7-2)35(36)27-19-20-33(34(22-27)47-5)50-24-26-14-12-13-25(3)21-26/h8-22,35-37,46H,6-7,23-24H2,1-5H3,(H,41,44)(H,42,45). The number of rotatable bonds is 13. The highest BCUT2D eigenvalue weighted by Crippen LogP contribution is 2.48. The SMILES string of the molecule is CCOc1ccccc1NC(=O)C1C(=O)CC(C)(O)C(C(=O)Nc2ccccc2OCC)C1c1ccc(OCc2cccc(C)c2)c(OC)c1. The number of carbonyl (C=O) groups excluding carboxylic acids is 3. The molecule has 262 valence electrons.